The van der Waals surface area contributed by atoms with E-state index in [9.17, 15) is 8.23 Å². The Morgan fingerprint density at radius 3 is 2.60 bits per heavy atom. The second-order valence-corrected chi connectivity index (χ2v) is 3.74. The van der Waals surface area contributed by atoms with Crippen LogP contribution >= 0.6 is 0 Å². The van der Waals surface area contributed by atoms with E-state index in [2.05, 4.69) is 0 Å². The van der Waals surface area contributed by atoms with Crippen LogP contribution in [-0.2, 0) is 3.83 Å². The van der Waals surface area contributed by atoms with Crippen molar-refractivity contribution in [1.29, 1.82) is 0 Å². The van der Waals surface area contributed by atoms with Gasteiger partial charge in [-0.1, -0.05) is 0 Å². The molecular formula is C6H5FO2Se. The Morgan fingerprint density at radius 2 is 2.20 bits per heavy atom. The van der Waals surface area contributed by atoms with Gasteiger partial charge in [0.05, 0.1) is 0 Å². The van der Waals surface area contributed by atoms with E-state index in [1.807, 2.05) is 0 Å². The number of halogens is 1. The standard InChI is InChI=1S/C6H5FO2Se/c7-5-2-1-3-6(4-5)10(8)9/h1-4H,(H,8,9). The van der Waals surface area contributed by atoms with Crippen LogP contribution in [0.2, 0.25) is 0 Å². The third-order valence-electron chi connectivity index (χ3n) is 0.998. The van der Waals surface area contributed by atoms with Gasteiger partial charge in [0.25, 0.3) is 0 Å². The summed E-state index contributed by atoms with van der Waals surface area (Å²) in [6.45, 7) is 0. The first kappa shape index (κ1) is 7.54. The number of benzene rings is 1. The van der Waals surface area contributed by atoms with Crippen LogP contribution in [0.25, 0.3) is 0 Å². The molecule has 0 aromatic heterocycles. The fourth-order valence-electron chi connectivity index (χ4n) is 0.576. The number of hydrogen-bond donors (Lipinski definition) is 1. The molecule has 4 heteroatoms. The molecule has 54 valence electrons. The molecule has 1 atom stereocenters. The SMILES string of the molecule is O=[Se](O)c1cccc(F)c1. The summed E-state index contributed by atoms with van der Waals surface area (Å²) in [6, 6.07) is 5.14. The molecule has 0 heterocycles. The molecule has 2 nitrogen and oxygen atoms in total. The fraction of sp³-hybridized carbons (Fsp3) is 0. The third kappa shape index (κ3) is 1.70. The predicted molar refractivity (Wildman–Crippen MR) is 34.7 cm³/mol. The van der Waals surface area contributed by atoms with E-state index in [-0.39, 0.29) is 4.46 Å². The fourth-order valence-corrected chi connectivity index (χ4v) is 1.43. The Bertz CT molecular complexity index is 262. The molecule has 1 aromatic carbocycles. The van der Waals surface area contributed by atoms with E-state index in [0.717, 1.165) is 6.07 Å². The first-order valence-electron chi connectivity index (χ1n) is 2.56. The predicted octanol–water partition coefficient (Wildman–Crippen LogP) is -0.0563. The number of rotatable bonds is 1. The van der Waals surface area contributed by atoms with Crippen LogP contribution < -0.4 is 4.46 Å². The van der Waals surface area contributed by atoms with E-state index in [1.165, 1.54) is 18.2 Å². The van der Waals surface area contributed by atoms with Gasteiger partial charge in [-0.15, -0.1) is 0 Å². The summed E-state index contributed by atoms with van der Waals surface area (Å²) < 4.78 is 31.4. The summed E-state index contributed by atoms with van der Waals surface area (Å²) in [4.78, 5) is 0. The van der Waals surface area contributed by atoms with Crippen LogP contribution in [0, 0.1) is 5.82 Å². The van der Waals surface area contributed by atoms with E-state index in [1.54, 1.807) is 0 Å². The van der Waals surface area contributed by atoms with Gasteiger partial charge >= 0.3 is 61.1 Å². The molecule has 1 rings (SSSR count). The second-order valence-electron chi connectivity index (χ2n) is 1.71. The summed E-state index contributed by atoms with van der Waals surface area (Å²) in [5.74, 6) is -0.476. The van der Waals surface area contributed by atoms with Crippen LogP contribution in [0.5, 0.6) is 0 Å². The molecule has 0 amide bonds. The topological polar surface area (TPSA) is 37.3 Å². The average Bonchev–Trinajstić information content (AvgIpc) is 1.88. The molecule has 0 radical (unpaired) electrons. The van der Waals surface area contributed by atoms with Gasteiger partial charge in [0.15, 0.2) is 0 Å². The molecule has 0 aliphatic carbocycles. The van der Waals surface area contributed by atoms with Gasteiger partial charge in [0.1, 0.15) is 0 Å². The van der Waals surface area contributed by atoms with Crippen LogP contribution in [0.15, 0.2) is 24.3 Å². The maximum atomic E-state index is 12.3. The van der Waals surface area contributed by atoms with Crippen molar-refractivity contribution >= 4 is 18.6 Å². The summed E-state index contributed by atoms with van der Waals surface area (Å²) in [5, 5.41) is 0. The average molecular weight is 207 g/mol. The Kier molecular flexibility index (Phi) is 2.27. The Morgan fingerprint density at radius 1 is 1.50 bits per heavy atom. The zero-order chi connectivity index (χ0) is 7.56. The van der Waals surface area contributed by atoms with Crippen LogP contribution in [0.4, 0.5) is 4.39 Å². The van der Waals surface area contributed by atoms with Crippen LogP contribution in [-0.4, -0.2) is 18.4 Å². The summed E-state index contributed by atoms with van der Waals surface area (Å²) in [7, 11) is 0. The quantitative estimate of drug-likeness (QED) is 0.655. The molecular weight excluding hydrogens is 202 g/mol. The minimum absolute atomic E-state index is 0.181. The van der Waals surface area contributed by atoms with Gasteiger partial charge < -0.3 is 0 Å². The van der Waals surface area contributed by atoms with Crippen LogP contribution in [0.1, 0.15) is 0 Å². The van der Waals surface area contributed by atoms with E-state index in [4.69, 9.17) is 4.19 Å². The summed E-state index contributed by atoms with van der Waals surface area (Å²) in [6.07, 6.45) is 0. The Labute approximate surface area is 61.7 Å². The molecule has 0 aliphatic heterocycles. The van der Waals surface area contributed by atoms with Crippen molar-refractivity contribution in [3.63, 3.8) is 0 Å². The number of hydrogen-bond acceptors (Lipinski definition) is 1. The van der Waals surface area contributed by atoms with Gasteiger partial charge in [0.2, 0.25) is 0 Å². The summed E-state index contributed by atoms with van der Waals surface area (Å²) >= 11 is -2.93. The van der Waals surface area contributed by atoms with E-state index >= 15 is 0 Å². The normalized spacial score (nSPS) is 13.0. The second kappa shape index (κ2) is 3.01. The van der Waals surface area contributed by atoms with Crippen molar-refractivity contribution in [2.24, 2.45) is 0 Å². The van der Waals surface area contributed by atoms with Crippen molar-refractivity contribution in [2.75, 3.05) is 0 Å². The van der Waals surface area contributed by atoms with Crippen LogP contribution in [0.3, 0.4) is 0 Å². The van der Waals surface area contributed by atoms with Crippen molar-refractivity contribution in [3.8, 4) is 0 Å². The monoisotopic (exact) mass is 208 g/mol. The van der Waals surface area contributed by atoms with Gasteiger partial charge in [0, 0.05) is 0 Å². The molecule has 1 N–H and O–H groups in total. The molecule has 0 saturated carbocycles. The van der Waals surface area contributed by atoms with Gasteiger partial charge in [-0.05, 0) is 0 Å². The van der Waals surface area contributed by atoms with E-state index in [0.29, 0.717) is 0 Å². The molecule has 10 heavy (non-hydrogen) atoms. The van der Waals surface area contributed by atoms with Gasteiger partial charge in [-0.25, -0.2) is 0 Å². The van der Waals surface area contributed by atoms with Gasteiger partial charge in [-0.2, -0.15) is 0 Å². The Hall–Kier alpha value is -0.571. The first-order chi connectivity index (χ1) is 4.70. The zero-order valence-corrected chi connectivity index (χ0v) is 6.66. The molecule has 1 unspecified atom stereocenters. The van der Waals surface area contributed by atoms with Crippen molar-refractivity contribution in [3.05, 3.63) is 30.1 Å². The maximum absolute atomic E-state index is 12.3. The molecule has 0 aliphatic rings. The molecule has 1 aromatic rings. The Balaban J connectivity index is 3.07. The summed E-state index contributed by atoms with van der Waals surface area (Å²) in [5.41, 5.74) is 0. The zero-order valence-electron chi connectivity index (χ0n) is 4.95. The first-order valence-corrected chi connectivity index (χ1v) is 4.89. The third-order valence-corrected chi connectivity index (χ3v) is 2.38. The van der Waals surface area contributed by atoms with Crippen molar-refractivity contribution in [1.82, 2.24) is 0 Å². The van der Waals surface area contributed by atoms with E-state index < -0.39 is 20.0 Å². The minimum atomic E-state index is -2.93. The van der Waals surface area contributed by atoms with Crippen molar-refractivity contribution < 1.29 is 12.4 Å². The molecule has 0 fully saturated rings. The van der Waals surface area contributed by atoms with Crippen molar-refractivity contribution in [2.45, 2.75) is 0 Å². The molecule has 0 saturated heterocycles. The molecule has 0 bridgehead atoms. The molecule has 0 spiro atoms. The van der Waals surface area contributed by atoms with Gasteiger partial charge in [-0.3, -0.25) is 0 Å².